The molecule has 2 aromatic rings. The van der Waals surface area contributed by atoms with Crippen molar-refractivity contribution >= 4 is 28.3 Å². The Morgan fingerprint density at radius 1 is 1.32 bits per heavy atom. The monoisotopic (exact) mass is 484 g/mol. The molecular formula is C26H36N4O3S. The lowest BCUT2D eigenvalue weighted by Crippen LogP contribution is -2.53. The molecule has 1 aliphatic heterocycles. The molecule has 0 spiro atoms. The van der Waals surface area contributed by atoms with Gasteiger partial charge in [-0.15, -0.1) is 11.3 Å². The van der Waals surface area contributed by atoms with Gasteiger partial charge in [0.05, 0.1) is 11.8 Å². The van der Waals surface area contributed by atoms with E-state index >= 15 is 0 Å². The number of hydrogen-bond acceptors (Lipinski definition) is 5. The maximum Gasteiger partial charge on any atom is 0.274 e. The van der Waals surface area contributed by atoms with Crippen molar-refractivity contribution in [1.82, 2.24) is 14.5 Å². The standard InChI is InChI=1S/C26H36N4O3S/c1-15(24(33)30-12-5-6-13-30)17-9-10-26(3)14-19-21(16(2)20(26)22(17)31)27-25(34-19)28-23(32)18-8-7-11-29(18)4/h7-8,11,15-17,20,22,31H,5-6,9-10,12-14H2,1-4H3,(H,27,28,32). The van der Waals surface area contributed by atoms with Crippen LogP contribution < -0.4 is 5.32 Å². The van der Waals surface area contributed by atoms with Gasteiger partial charge in [-0.25, -0.2) is 4.98 Å². The first-order valence-corrected chi connectivity index (χ1v) is 13.4. The minimum absolute atomic E-state index is 0.0228. The van der Waals surface area contributed by atoms with E-state index in [1.54, 1.807) is 22.0 Å². The number of aromatic nitrogens is 2. The maximum atomic E-state index is 13.1. The number of carbonyl (C=O) groups excluding carboxylic acids is 2. The molecule has 184 valence electrons. The lowest BCUT2D eigenvalue weighted by molar-refractivity contribution is -0.143. The molecule has 6 atom stereocenters. The van der Waals surface area contributed by atoms with Gasteiger partial charge in [-0.05, 0) is 61.5 Å². The van der Waals surface area contributed by atoms with Crippen molar-refractivity contribution in [1.29, 1.82) is 0 Å². The normalized spacial score (nSPS) is 31.6. The maximum absolute atomic E-state index is 13.1. The van der Waals surface area contributed by atoms with Crippen LogP contribution in [0, 0.1) is 23.2 Å². The molecule has 0 radical (unpaired) electrons. The summed E-state index contributed by atoms with van der Waals surface area (Å²) in [5.41, 5.74) is 1.55. The summed E-state index contributed by atoms with van der Waals surface area (Å²) in [7, 11) is 1.85. The fraction of sp³-hybridized carbons (Fsp3) is 0.654. The predicted molar refractivity (Wildman–Crippen MR) is 133 cm³/mol. The van der Waals surface area contributed by atoms with E-state index in [4.69, 9.17) is 4.98 Å². The number of aryl methyl sites for hydroxylation is 1. The fourth-order valence-electron chi connectivity index (χ4n) is 6.87. The molecule has 2 aromatic heterocycles. The number of likely N-dealkylation sites (tertiary alicyclic amines) is 1. The number of aliphatic hydroxyl groups is 1. The summed E-state index contributed by atoms with van der Waals surface area (Å²) in [4.78, 5) is 33.8. The zero-order valence-corrected chi connectivity index (χ0v) is 21.4. The number of anilines is 1. The smallest absolute Gasteiger partial charge is 0.274 e. The van der Waals surface area contributed by atoms with E-state index in [1.165, 1.54) is 4.88 Å². The summed E-state index contributed by atoms with van der Waals surface area (Å²) in [6.07, 6.45) is 6.19. The SMILES string of the molecule is CC(C(=O)N1CCCC1)C1CCC2(C)Cc3sc(NC(=O)c4cccn4C)nc3C(C)C2C1O. The van der Waals surface area contributed by atoms with E-state index in [0.29, 0.717) is 10.8 Å². The summed E-state index contributed by atoms with van der Waals surface area (Å²) in [6, 6.07) is 3.64. The van der Waals surface area contributed by atoms with Gasteiger partial charge >= 0.3 is 0 Å². The van der Waals surface area contributed by atoms with Crippen molar-refractivity contribution in [2.75, 3.05) is 18.4 Å². The number of carbonyl (C=O) groups is 2. The van der Waals surface area contributed by atoms with Crippen LogP contribution in [0.2, 0.25) is 0 Å². The van der Waals surface area contributed by atoms with Gasteiger partial charge in [0.15, 0.2) is 5.13 Å². The summed E-state index contributed by atoms with van der Waals surface area (Å²) in [6.45, 7) is 8.15. The molecule has 2 fully saturated rings. The highest BCUT2D eigenvalue weighted by Gasteiger charge is 2.54. The largest absolute Gasteiger partial charge is 0.392 e. The molecule has 2 amide bonds. The number of rotatable bonds is 4. The van der Waals surface area contributed by atoms with E-state index in [9.17, 15) is 14.7 Å². The van der Waals surface area contributed by atoms with Gasteiger partial charge < -0.3 is 14.6 Å². The Bertz CT molecular complexity index is 1090. The quantitative estimate of drug-likeness (QED) is 0.686. The third-order valence-corrected chi connectivity index (χ3v) is 9.75. The van der Waals surface area contributed by atoms with Crippen LogP contribution in [-0.4, -0.2) is 50.6 Å². The van der Waals surface area contributed by atoms with Gasteiger partial charge in [0.1, 0.15) is 5.69 Å². The highest BCUT2D eigenvalue weighted by molar-refractivity contribution is 7.15. The van der Waals surface area contributed by atoms with Crippen molar-refractivity contribution in [2.24, 2.45) is 30.2 Å². The third kappa shape index (κ3) is 3.88. The summed E-state index contributed by atoms with van der Waals surface area (Å²) < 4.78 is 1.79. The van der Waals surface area contributed by atoms with Crippen molar-refractivity contribution in [3.63, 3.8) is 0 Å². The lowest BCUT2D eigenvalue weighted by Gasteiger charge is -2.53. The minimum Gasteiger partial charge on any atom is -0.392 e. The fourth-order valence-corrected chi connectivity index (χ4v) is 8.13. The average molecular weight is 485 g/mol. The second kappa shape index (κ2) is 8.79. The van der Waals surface area contributed by atoms with Crippen molar-refractivity contribution in [2.45, 2.75) is 64.9 Å². The molecule has 3 aliphatic rings. The first-order valence-electron chi connectivity index (χ1n) is 12.6. The highest BCUT2D eigenvalue weighted by atomic mass is 32.1. The molecule has 5 rings (SSSR count). The number of hydrogen-bond donors (Lipinski definition) is 2. The second-order valence-corrected chi connectivity index (χ2v) is 12.0. The predicted octanol–water partition coefficient (Wildman–Crippen LogP) is 4.05. The molecule has 2 aliphatic carbocycles. The Balaban J connectivity index is 1.36. The number of nitrogens with one attached hydrogen (secondary N) is 1. The van der Waals surface area contributed by atoms with Crippen molar-refractivity contribution in [3.8, 4) is 0 Å². The van der Waals surface area contributed by atoms with Gasteiger partial charge in [0, 0.05) is 43.0 Å². The van der Waals surface area contributed by atoms with Crippen molar-refractivity contribution < 1.29 is 14.7 Å². The van der Waals surface area contributed by atoms with Crippen LogP contribution in [-0.2, 0) is 18.3 Å². The number of thiazole rings is 1. The van der Waals surface area contributed by atoms with Crippen LogP contribution in [0.1, 0.15) is 73.4 Å². The molecule has 0 aromatic carbocycles. The minimum atomic E-state index is -0.536. The van der Waals surface area contributed by atoms with Crippen LogP contribution in [0.15, 0.2) is 18.3 Å². The van der Waals surface area contributed by atoms with E-state index in [-0.39, 0.29) is 40.9 Å². The van der Waals surface area contributed by atoms with E-state index < -0.39 is 6.10 Å². The first kappa shape index (κ1) is 23.5. The van der Waals surface area contributed by atoms with Crippen molar-refractivity contribution in [3.05, 3.63) is 34.6 Å². The Morgan fingerprint density at radius 3 is 2.74 bits per heavy atom. The van der Waals surface area contributed by atoms with Gasteiger partial charge in [0.25, 0.3) is 5.91 Å². The van der Waals surface area contributed by atoms with Crippen LogP contribution in [0.25, 0.3) is 0 Å². The first-order chi connectivity index (χ1) is 16.2. The molecule has 2 N–H and O–H groups in total. The van der Waals surface area contributed by atoms with Crippen LogP contribution >= 0.6 is 11.3 Å². The molecule has 7 nitrogen and oxygen atoms in total. The topological polar surface area (TPSA) is 87.5 Å². The van der Waals surface area contributed by atoms with Gasteiger partial charge in [-0.2, -0.15) is 0 Å². The number of aliphatic hydroxyl groups excluding tert-OH is 1. The highest BCUT2D eigenvalue weighted by Crippen LogP contribution is 2.57. The Labute approximate surface area is 205 Å². The molecule has 1 saturated carbocycles. The molecule has 6 unspecified atom stereocenters. The zero-order valence-electron chi connectivity index (χ0n) is 20.6. The van der Waals surface area contributed by atoms with Gasteiger partial charge in [-0.3, -0.25) is 14.9 Å². The van der Waals surface area contributed by atoms with Crippen LogP contribution in [0.3, 0.4) is 0 Å². The van der Waals surface area contributed by atoms with Crippen LogP contribution in [0.5, 0.6) is 0 Å². The van der Waals surface area contributed by atoms with E-state index in [1.807, 2.05) is 31.1 Å². The molecule has 0 bridgehead atoms. The molecule has 1 saturated heterocycles. The number of fused-ring (bicyclic) bond motifs is 2. The third-order valence-electron chi connectivity index (χ3n) is 8.77. The lowest BCUT2D eigenvalue weighted by atomic mass is 9.53. The Kier molecular flexibility index (Phi) is 6.09. The summed E-state index contributed by atoms with van der Waals surface area (Å²) in [5.74, 6) is -0.0336. The van der Waals surface area contributed by atoms with Gasteiger partial charge in [0.2, 0.25) is 5.91 Å². The summed E-state index contributed by atoms with van der Waals surface area (Å²) in [5, 5.41) is 15.2. The molecule has 3 heterocycles. The Hall–Kier alpha value is -2.19. The second-order valence-electron chi connectivity index (χ2n) is 10.9. The zero-order chi connectivity index (χ0) is 24.2. The van der Waals surface area contributed by atoms with E-state index in [0.717, 1.165) is 50.9 Å². The van der Waals surface area contributed by atoms with Crippen LogP contribution in [0.4, 0.5) is 5.13 Å². The summed E-state index contributed by atoms with van der Waals surface area (Å²) >= 11 is 1.56. The molecular weight excluding hydrogens is 448 g/mol. The molecule has 8 heteroatoms. The van der Waals surface area contributed by atoms with E-state index in [2.05, 4.69) is 19.2 Å². The number of nitrogens with zero attached hydrogens (tertiary/aromatic N) is 3. The Morgan fingerprint density at radius 2 is 2.06 bits per heavy atom. The van der Waals surface area contributed by atoms with Gasteiger partial charge in [-0.1, -0.05) is 20.8 Å². The average Bonchev–Trinajstić information content (AvgIpc) is 3.53. The number of amides is 2. The molecule has 34 heavy (non-hydrogen) atoms.